The Morgan fingerprint density at radius 3 is 2.85 bits per heavy atom. The van der Waals surface area contributed by atoms with E-state index in [2.05, 4.69) is 37.9 Å². The van der Waals surface area contributed by atoms with Gasteiger partial charge in [0.25, 0.3) is 0 Å². The molecule has 2 aromatic rings. The summed E-state index contributed by atoms with van der Waals surface area (Å²) in [6.45, 7) is 0. The molecule has 0 bridgehead atoms. The van der Waals surface area contributed by atoms with Crippen LogP contribution in [0.15, 0.2) is 31.9 Å². The van der Waals surface area contributed by atoms with Crippen molar-refractivity contribution in [2.24, 2.45) is 0 Å². The van der Waals surface area contributed by atoms with Crippen LogP contribution in [0.2, 0.25) is 0 Å². The highest BCUT2D eigenvalue weighted by atomic mass is 79.9. The van der Waals surface area contributed by atoms with E-state index < -0.39 is 5.76 Å². The van der Waals surface area contributed by atoms with E-state index in [-0.39, 0.29) is 0 Å². The maximum Gasteiger partial charge on any atom is 0.434 e. The average Bonchev–Trinajstić information content (AvgIpc) is 2.89. The number of aromatic amines is 1. The van der Waals surface area contributed by atoms with Crippen molar-refractivity contribution in [1.82, 2.24) is 10.2 Å². The molecule has 20 heavy (non-hydrogen) atoms. The lowest BCUT2D eigenvalue weighted by molar-refractivity contribution is 0.526. The summed E-state index contributed by atoms with van der Waals surface area (Å²) in [4.78, 5) is 11.0. The zero-order valence-electron chi connectivity index (χ0n) is 10.9. The first-order valence-corrected chi connectivity index (χ1v) is 7.45. The summed E-state index contributed by atoms with van der Waals surface area (Å²) < 4.78 is 5.98. The van der Waals surface area contributed by atoms with E-state index >= 15 is 0 Å². The molecule has 0 aliphatic heterocycles. The number of aromatic nitrogens is 2. The third-order valence-electron chi connectivity index (χ3n) is 3.45. The highest BCUT2D eigenvalue weighted by Crippen LogP contribution is 2.30. The first-order chi connectivity index (χ1) is 9.72. The minimum absolute atomic E-state index is 0.308. The van der Waals surface area contributed by atoms with Gasteiger partial charge in [-0.05, 0) is 66.2 Å². The van der Waals surface area contributed by atoms with Crippen molar-refractivity contribution in [3.8, 4) is 11.5 Å². The molecule has 6 heteroatoms. The molecule has 5 nitrogen and oxygen atoms in total. The highest BCUT2D eigenvalue weighted by molar-refractivity contribution is 9.10. The predicted octanol–water partition coefficient (Wildman–Crippen LogP) is 3.35. The summed E-state index contributed by atoms with van der Waals surface area (Å²) in [6.07, 6.45) is 6.94. The smallest absolute Gasteiger partial charge is 0.388 e. The molecular formula is C14H15BrN3O2. The molecule has 1 fully saturated rings. The minimum Gasteiger partial charge on any atom is -0.388 e. The standard InChI is InChI=1S/C14H15BrN3O2/c15-11-7-6-9(13-17-18-14(19)20-13)8-12(11)16-10-4-2-1-3-5-10/h1,6-8,10,16H,2-5H2,(H,18,19). The molecule has 0 unspecified atom stereocenters. The molecule has 105 valence electrons. The van der Waals surface area contributed by atoms with Crippen molar-refractivity contribution in [3.63, 3.8) is 0 Å². The minimum atomic E-state index is -0.541. The van der Waals surface area contributed by atoms with E-state index in [1.807, 2.05) is 18.2 Å². The molecule has 2 N–H and O–H groups in total. The van der Waals surface area contributed by atoms with Gasteiger partial charge in [-0.1, -0.05) is 0 Å². The lowest BCUT2D eigenvalue weighted by atomic mass is 9.95. The van der Waals surface area contributed by atoms with Gasteiger partial charge in [-0.15, -0.1) is 5.10 Å². The summed E-state index contributed by atoms with van der Waals surface area (Å²) >= 11 is 3.54. The van der Waals surface area contributed by atoms with Gasteiger partial charge in [0.2, 0.25) is 5.89 Å². The fourth-order valence-corrected chi connectivity index (χ4v) is 2.77. The molecule has 1 aromatic heterocycles. The average molecular weight is 337 g/mol. The van der Waals surface area contributed by atoms with Crippen LogP contribution in [0, 0.1) is 6.42 Å². The topological polar surface area (TPSA) is 70.9 Å². The van der Waals surface area contributed by atoms with Crippen molar-refractivity contribution in [1.29, 1.82) is 0 Å². The number of benzene rings is 1. The van der Waals surface area contributed by atoms with Gasteiger partial charge >= 0.3 is 5.76 Å². The first-order valence-electron chi connectivity index (χ1n) is 6.66. The Labute approximate surface area is 124 Å². The molecule has 0 saturated heterocycles. The van der Waals surface area contributed by atoms with E-state index in [4.69, 9.17) is 4.42 Å². The van der Waals surface area contributed by atoms with Gasteiger partial charge in [0.15, 0.2) is 0 Å². The molecule has 1 heterocycles. The maximum atomic E-state index is 11.0. The van der Waals surface area contributed by atoms with Crippen LogP contribution in [-0.2, 0) is 0 Å². The number of H-pyrrole nitrogens is 1. The quantitative estimate of drug-likeness (QED) is 0.901. The van der Waals surface area contributed by atoms with E-state index in [1.165, 1.54) is 0 Å². The van der Waals surface area contributed by atoms with Crippen LogP contribution in [0.3, 0.4) is 0 Å². The molecular weight excluding hydrogens is 322 g/mol. The van der Waals surface area contributed by atoms with Crippen LogP contribution < -0.4 is 11.1 Å². The highest BCUT2D eigenvalue weighted by Gasteiger charge is 2.15. The van der Waals surface area contributed by atoms with Gasteiger partial charge in [0.05, 0.1) is 0 Å². The molecule has 1 saturated carbocycles. The maximum absolute atomic E-state index is 11.0. The molecule has 1 aliphatic carbocycles. The van der Waals surface area contributed by atoms with E-state index in [1.54, 1.807) is 0 Å². The Hall–Kier alpha value is -1.56. The molecule has 0 amide bonds. The predicted molar refractivity (Wildman–Crippen MR) is 80.4 cm³/mol. The van der Waals surface area contributed by atoms with E-state index in [0.29, 0.717) is 11.9 Å². The fourth-order valence-electron chi connectivity index (χ4n) is 2.41. The SMILES string of the molecule is O=c1[nH]nc(-c2ccc(Br)c(NC3CC[CH]CC3)c2)o1. The molecule has 3 rings (SSSR count). The second kappa shape index (κ2) is 5.83. The molecule has 1 radical (unpaired) electrons. The van der Waals surface area contributed by atoms with Crippen LogP contribution in [-0.4, -0.2) is 16.2 Å². The third-order valence-corrected chi connectivity index (χ3v) is 4.14. The third kappa shape index (κ3) is 2.95. The van der Waals surface area contributed by atoms with Crippen molar-refractivity contribution in [2.75, 3.05) is 5.32 Å². The molecule has 0 spiro atoms. The van der Waals surface area contributed by atoms with Gasteiger partial charge in [0.1, 0.15) is 0 Å². The summed E-state index contributed by atoms with van der Waals surface area (Å²) in [5.41, 5.74) is 1.77. The van der Waals surface area contributed by atoms with Crippen molar-refractivity contribution >= 4 is 21.6 Å². The summed E-state index contributed by atoms with van der Waals surface area (Å²) in [6, 6.07) is 6.23. The van der Waals surface area contributed by atoms with Gasteiger partial charge < -0.3 is 9.73 Å². The lowest BCUT2D eigenvalue weighted by Crippen LogP contribution is -2.22. The van der Waals surface area contributed by atoms with Crippen molar-refractivity contribution < 1.29 is 4.42 Å². The Morgan fingerprint density at radius 2 is 2.15 bits per heavy atom. The summed E-state index contributed by atoms with van der Waals surface area (Å²) in [5.74, 6) is -0.234. The Bertz CT molecular complexity index is 644. The van der Waals surface area contributed by atoms with Gasteiger partial charge in [0, 0.05) is 21.8 Å². The number of nitrogens with zero attached hydrogens (tertiary/aromatic N) is 1. The number of halogens is 1. The van der Waals surface area contributed by atoms with Gasteiger partial charge in [-0.2, -0.15) is 0 Å². The number of hydrogen-bond acceptors (Lipinski definition) is 4. The largest absolute Gasteiger partial charge is 0.434 e. The van der Waals surface area contributed by atoms with E-state index in [9.17, 15) is 4.79 Å². The van der Waals surface area contributed by atoms with Crippen LogP contribution in [0.4, 0.5) is 5.69 Å². The van der Waals surface area contributed by atoms with Crippen LogP contribution in [0.1, 0.15) is 25.7 Å². The number of rotatable bonds is 3. The van der Waals surface area contributed by atoms with Crippen molar-refractivity contribution in [2.45, 2.75) is 31.7 Å². The Balaban J connectivity index is 1.84. The lowest BCUT2D eigenvalue weighted by Gasteiger charge is -2.24. The van der Waals surface area contributed by atoms with E-state index in [0.717, 1.165) is 41.4 Å². The van der Waals surface area contributed by atoms with Crippen LogP contribution >= 0.6 is 15.9 Å². The zero-order chi connectivity index (χ0) is 13.9. The molecule has 1 aliphatic rings. The summed E-state index contributed by atoms with van der Waals surface area (Å²) in [5, 5.41) is 9.67. The second-order valence-electron chi connectivity index (χ2n) is 4.90. The Kier molecular flexibility index (Phi) is 3.91. The summed E-state index contributed by atoms with van der Waals surface area (Å²) in [7, 11) is 0. The van der Waals surface area contributed by atoms with Crippen LogP contribution in [0.5, 0.6) is 0 Å². The van der Waals surface area contributed by atoms with Gasteiger partial charge in [-0.25, -0.2) is 9.89 Å². The number of hydrogen-bond donors (Lipinski definition) is 2. The number of anilines is 1. The van der Waals surface area contributed by atoms with Crippen LogP contribution in [0.25, 0.3) is 11.5 Å². The number of nitrogens with one attached hydrogen (secondary N) is 2. The fraction of sp³-hybridized carbons (Fsp3) is 0.357. The first kappa shape index (κ1) is 13.4. The van der Waals surface area contributed by atoms with Crippen molar-refractivity contribution in [3.05, 3.63) is 39.6 Å². The molecule has 0 atom stereocenters. The molecule has 1 aromatic carbocycles. The second-order valence-corrected chi connectivity index (χ2v) is 5.75. The normalized spacial score (nSPS) is 16.2. The van der Waals surface area contributed by atoms with Gasteiger partial charge in [-0.3, -0.25) is 0 Å². The zero-order valence-corrected chi connectivity index (χ0v) is 12.4. The Morgan fingerprint density at radius 1 is 1.35 bits per heavy atom. The monoisotopic (exact) mass is 336 g/mol.